The minimum Gasteiger partial charge on any atom is -0.493 e. The number of benzene rings is 2. The number of nitrogens with zero attached hydrogens (tertiary/aromatic N) is 3. The van der Waals surface area contributed by atoms with Crippen molar-refractivity contribution >= 4 is 22.8 Å². The van der Waals surface area contributed by atoms with Crippen molar-refractivity contribution in [1.29, 1.82) is 0 Å². The molecule has 152 valence electrons. The first kappa shape index (κ1) is 19.4. The average molecular weight is 403 g/mol. The second kappa shape index (κ2) is 7.82. The SMILES string of the molecule is COc1ccc(-c2cc(=O)[nH]c(Nc3nc(C)c4ccc(C)cc4n3)n2)cc1OC. The summed E-state index contributed by atoms with van der Waals surface area (Å²) < 4.78 is 10.6. The minimum atomic E-state index is -0.300. The topological polar surface area (TPSA) is 102 Å². The van der Waals surface area contributed by atoms with Gasteiger partial charge >= 0.3 is 0 Å². The molecule has 0 atom stereocenters. The Kier molecular flexibility index (Phi) is 5.05. The van der Waals surface area contributed by atoms with Crippen molar-refractivity contribution in [2.45, 2.75) is 13.8 Å². The number of aromatic nitrogens is 4. The predicted octanol–water partition coefficient (Wildman–Crippen LogP) is 3.76. The Morgan fingerprint density at radius 1 is 0.900 bits per heavy atom. The largest absolute Gasteiger partial charge is 0.493 e. The van der Waals surface area contributed by atoms with Gasteiger partial charge in [-0.25, -0.2) is 15.0 Å². The van der Waals surface area contributed by atoms with Gasteiger partial charge in [0.05, 0.1) is 31.1 Å². The molecule has 0 aliphatic heterocycles. The number of fused-ring (bicyclic) bond motifs is 1. The van der Waals surface area contributed by atoms with Crippen LogP contribution in [-0.2, 0) is 0 Å². The van der Waals surface area contributed by atoms with Gasteiger partial charge in [-0.1, -0.05) is 12.1 Å². The molecule has 8 nitrogen and oxygen atoms in total. The molecule has 2 N–H and O–H groups in total. The molecule has 2 aromatic carbocycles. The van der Waals surface area contributed by atoms with E-state index in [2.05, 4.69) is 25.3 Å². The Labute approximate surface area is 173 Å². The van der Waals surface area contributed by atoms with Crippen LogP contribution in [0.5, 0.6) is 11.5 Å². The number of ether oxygens (including phenoxy) is 2. The standard InChI is InChI=1S/C22H21N5O3/c1-12-5-7-15-13(2)23-21(25-17(15)9-12)27-22-24-16(11-20(28)26-22)14-6-8-18(29-3)19(10-14)30-4/h5-11H,1-4H3,(H2,23,24,25,26,27,28). The second-order valence-corrected chi connectivity index (χ2v) is 6.83. The van der Waals surface area contributed by atoms with E-state index in [4.69, 9.17) is 9.47 Å². The van der Waals surface area contributed by atoms with Crippen LogP contribution in [-0.4, -0.2) is 34.2 Å². The molecule has 30 heavy (non-hydrogen) atoms. The molecule has 0 aliphatic carbocycles. The van der Waals surface area contributed by atoms with Crippen molar-refractivity contribution in [3.05, 3.63) is 64.1 Å². The van der Waals surface area contributed by atoms with Crippen molar-refractivity contribution in [2.75, 3.05) is 19.5 Å². The van der Waals surface area contributed by atoms with E-state index in [1.54, 1.807) is 26.4 Å². The summed E-state index contributed by atoms with van der Waals surface area (Å²) in [6, 6.07) is 12.8. The van der Waals surface area contributed by atoms with E-state index < -0.39 is 0 Å². The van der Waals surface area contributed by atoms with Crippen LogP contribution < -0.4 is 20.3 Å². The van der Waals surface area contributed by atoms with Crippen LogP contribution in [0.15, 0.2) is 47.3 Å². The summed E-state index contributed by atoms with van der Waals surface area (Å²) in [5.41, 5.74) is 3.66. The summed E-state index contributed by atoms with van der Waals surface area (Å²) in [4.78, 5) is 28.5. The monoisotopic (exact) mass is 403 g/mol. The van der Waals surface area contributed by atoms with Gasteiger partial charge in [-0.05, 0) is 43.7 Å². The highest BCUT2D eigenvalue weighted by atomic mass is 16.5. The van der Waals surface area contributed by atoms with Gasteiger partial charge in [0, 0.05) is 17.0 Å². The quantitative estimate of drug-likeness (QED) is 0.523. The van der Waals surface area contributed by atoms with Crippen LogP contribution in [0.25, 0.3) is 22.2 Å². The number of anilines is 2. The zero-order valence-corrected chi connectivity index (χ0v) is 17.1. The maximum Gasteiger partial charge on any atom is 0.252 e. The third-order valence-corrected chi connectivity index (χ3v) is 4.69. The number of hydrogen-bond acceptors (Lipinski definition) is 7. The summed E-state index contributed by atoms with van der Waals surface area (Å²) in [7, 11) is 3.12. The van der Waals surface area contributed by atoms with Gasteiger partial charge in [0.1, 0.15) is 0 Å². The molecule has 0 saturated carbocycles. The smallest absolute Gasteiger partial charge is 0.252 e. The molecule has 0 radical (unpaired) electrons. The fraction of sp³-hybridized carbons (Fsp3) is 0.182. The maximum absolute atomic E-state index is 12.2. The molecule has 2 heterocycles. The molecule has 0 unspecified atom stereocenters. The molecule has 0 saturated heterocycles. The van der Waals surface area contributed by atoms with Gasteiger partial charge in [0.25, 0.3) is 5.56 Å². The molecule has 0 amide bonds. The number of aromatic amines is 1. The first-order chi connectivity index (χ1) is 14.5. The third-order valence-electron chi connectivity index (χ3n) is 4.69. The minimum absolute atomic E-state index is 0.249. The molecular formula is C22H21N5O3. The van der Waals surface area contributed by atoms with Crippen LogP contribution in [0.3, 0.4) is 0 Å². The molecule has 4 rings (SSSR count). The Morgan fingerprint density at radius 2 is 1.70 bits per heavy atom. The number of methoxy groups -OCH3 is 2. The summed E-state index contributed by atoms with van der Waals surface area (Å²) in [6.07, 6.45) is 0. The van der Waals surface area contributed by atoms with Crippen molar-refractivity contribution < 1.29 is 9.47 Å². The van der Waals surface area contributed by atoms with E-state index >= 15 is 0 Å². The third kappa shape index (κ3) is 3.80. The van der Waals surface area contributed by atoms with Crippen LogP contribution in [0.4, 0.5) is 11.9 Å². The molecule has 0 spiro atoms. The van der Waals surface area contributed by atoms with E-state index in [9.17, 15) is 4.79 Å². The number of rotatable bonds is 5. The van der Waals surface area contributed by atoms with Crippen molar-refractivity contribution in [1.82, 2.24) is 19.9 Å². The number of aryl methyl sites for hydroxylation is 2. The fourth-order valence-electron chi connectivity index (χ4n) is 3.22. The lowest BCUT2D eigenvalue weighted by molar-refractivity contribution is 0.355. The van der Waals surface area contributed by atoms with Crippen LogP contribution in [0.2, 0.25) is 0 Å². The van der Waals surface area contributed by atoms with Crippen LogP contribution in [0.1, 0.15) is 11.3 Å². The normalized spacial score (nSPS) is 10.8. The highest BCUT2D eigenvalue weighted by molar-refractivity contribution is 5.82. The summed E-state index contributed by atoms with van der Waals surface area (Å²) in [5.74, 6) is 1.76. The van der Waals surface area contributed by atoms with Gasteiger partial charge in [-0.2, -0.15) is 0 Å². The molecular weight excluding hydrogens is 382 g/mol. The first-order valence-corrected chi connectivity index (χ1v) is 9.32. The maximum atomic E-state index is 12.2. The first-order valence-electron chi connectivity index (χ1n) is 9.32. The zero-order chi connectivity index (χ0) is 21.3. The Bertz CT molecular complexity index is 1300. The van der Waals surface area contributed by atoms with E-state index in [1.807, 2.05) is 38.1 Å². The fourth-order valence-corrected chi connectivity index (χ4v) is 3.22. The molecule has 0 bridgehead atoms. The highest BCUT2D eigenvalue weighted by Gasteiger charge is 2.11. The van der Waals surface area contributed by atoms with Crippen LogP contribution >= 0.6 is 0 Å². The van der Waals surface area contributed by atoms with Gasteiger partial charge < -0.3 is 9.47 Å². The highest BCUT2D eigenvalue weighted by Crippen LogP contribution is 2.31. The molecule has 0 aliphatic rings. The number of hydrogen-bond donors (Lipinski definition) is 2. The molecule has 4 aromatic rings. The van der Waals surface area contributed by atoms with Crippen molar-refractivity contribution in [3.63, 3.8) is 0 Å². The summed E-state index contributed by atoms with van der Waals surface area (Å²) >= 11 is 0. The lowest BCUT2D eigenvalue weighted by Crippen LogP contribution is -2.12. The van der Waals surface area contributed by atoms with Gasteiger partial charge in [-0.15, -0.1) is 0 Å². The average Bonchev–Trinajstić information content (AvgIpc) is 2.72. The molecule has 8 heteroatoms. The van der Waals surface area contributed by atoms with Gasteiger partial charge in [0.2, 0.25) is 11.9 Å². The number of H-pyrrole nitrogens is 1. The van der Waals surface area contributed by atoms with Crippen molar-refractivity contribution in [3.8, 4) is 22.8 Å². The lowest BCUT2D eigenvalue weighted by Gasteiger charge is -2.11. The number of nitrogens with one attached hydrogen (secondary N) is 2. The van der Waals surface area contributed by atoms with E-state index in [0.717, 1.165) is 22.2 Å². The Balaban J connectivity index is 1.72. The Hall–Kier alpha value is -3.94. The summed E-state index contributed by atoms with van der Waals surface area (Å²) in [6.45, 7) is 3.93. The van der Waals surface area contributed by atoms with Crippen molar-refractivity contribution in [2.24, 2.45) is 0 Å². The second-order valence-electron chi connectivity index (χ2n) is 6.83. The van der Waals surface area contributed by atoms with Gasteiger partial charge in [-0.3, -0.25) is 15.1 Å². The molecule has 2 aromatic heterocycles. The van der Waals surface area contributed by atoms with E-state index in [-0.39, 0.29) is 11.5 Å². The van der Waals surface area contributed by atoms with E-state index in [0.29, 0.717) is 28.7 Å². The molecule has 0 fully saturated rings. The lowest BCUT2D eigenvalue weighted by atomic mass is 10.1. The zero-order valence-electron chi connectivity index (χ0n) is 17.1. The van der Waals surface area contributed by atoms with E-state index in [1.165, 1.54) is 6.07 Å². The predicted molar refractivity (Wildman–Crippen MR) is 116 cm³/mol. The Morgan fingerprint density at radius 3 is 2.47 bits per heavy atom. The van der Waals surface area contributed by atoms with Gasteiger partial charge in [0.15, 0.2) is 11.5 Å². The summed E-state index contributed by atoms with van der Waals surface area (Å²) in [5, 5.41) is 3.99. The van der Waals surface area contributed by atoms with Crippen LogP contribution in [0, 0.1) is 13.8 Å².